The van der Waals surface area contributed by atoms with Crippen LogP contribution < -0.4 is 5.73 Å². The second kappa shape index (κ2) is 4.23. The minimum atomic E-state index is 0.358. The van der Waals surface area contributed by atoms with Gasteiger partial charge in [0.2, 0.25) is 0 Å². The van der Waals surface area contributed by atoms with Crippen molar-refractivity contribution in [3.8, 4) is 0 Å². The lowest BCUT2D eigenvalue weighted by atomic mass is 10.2. The van der Waals surface area contributed by atoms with Crippen LogP contribution in [0.15, 0.2) is 4.99 Å². The first-order valence-corrected chi connectivity index (χ1v) is 4.09. The van der Waals surface area contributed by atoms with E-state index in [0.717, 1.165) is 19.3 Å². The molecule has 1 fully saturated rings. The fourth-order valence-electron chi connectivity index (χ4n) is 1.39. The van der Waals surface area contributed by atoms with Crippen LogP contribution in [-0.2, 0) is 0 Å². The number of hydrogen-bond acceptors (Lipinski definition) is 3. The van der Waals surface area contributed by atoms with Gasteiger partial charge in [0.15, 0.2) is 0 Å². The number of hydrogen-bond donors (Lipinski definition) is 2. The maximum absolute atomic E-state index is 6.78. The molecule has 0 spiro atoms. The smallest absolute Gasteiger partial charge is 0.0511 e. The molecule has 0 aliphatic heterocycles. The number of rotatable bonds is 3. The zero-order valence-corrected chi connectivity index (χ0v) is 6.66. The van der Waals surface area contributed by atoms with Crippen molar-refractivity contribution in [2.45, 2.75) is 37.8 Å². The van der Waals surface area contributed by atoms with Crippen LogP contribution >= 0.6 is 0 Å². The van der Waals surface area contributed by atoms with Crippen LogP contribution in [0, 0.1) is 5.41 Å². The van der Waals surface area contributed by atoms with Crippen molar-refractivity contribution in [2.75, 3.05) is 0 Å². The summed E-state index contributed by atoms with van der Waals surface area (Å²) in [5, 5.41) is 6.78. The molecular formula is C8H15N3. The second-order valence-corrected chi connectivity index (χ2v) is 3.00. The van der Waals surface area contributed by atoms with Gasteiger partial charge in [-0.2, -0.15) is 0 Å². The monoisotopic (exact) mass is 153 g/mol. The Balaban J connectivity index is 2.22. The molecule has 11 heavy (non-hydrogen) atoms. The number of nitrogens with two attached hydrogens (primary N) is 1. The first-order chi connectivity index (χ1) is 5.33. The van der Waals surface area contributed by atoms with Crippen molar-refractivity contribution in [1.82, 2.24) is 0 Å². The number of nitrogens with one attached hydrogen (secondary N) is 1. The van der Waals surface area contributed by atoms with Crippen LogP contribution in [0.4, 0.5) is 0 Å². The quantitative estimate of drug-likeness (QED) is 0.583. The molecule has 0 amide bonds. The van der Waals surface area contributed by atoms with E-state index in [1.54, 1.807) is 0 Å². The Kier molecular flexibility index (Phi) is 3.23. The van der Waals surface area contributed by atoms with Gasteiger partial charge < -0.3 is 11.1 Å². The van der Waals surface area contributed by atoms with Crippen molar-refractivity contribution < 1.29 is 0 Å². The van der Waals surface area contributed by atoms with Crippen molar-refractivity contribution in [3.63, 3.8) is 0 Å². The molecule has 0 aromatic carbocycles. The lowest BCUT2D eigenvalue weighted by Gasteiger charge is -2.00. The summed E-state index contributed by atoms with van der Waals surface area (Å²) in [7, 11) is 0. The van der Waals surface area contributed by atoms with Gasteiger partial charge in [-0.05, 0) is 19.3 Å². The van der Waals surface area contributed by atoms with Crippen LogP contribution in [0.2, 0.25) is 0 Å². The van der Waals surface area contributed by atoms with E-state index < -0.39 is 0 Å². The Bertz CT molecular complexity index is 153. The number of nitrogens with zero attached hydrogens (tertiary/aromatic N) is 1. The summed E-state index contributed by atoms with van der Waals surface area (Å²) in [5.74, 6) is 0. The van der Waals surface area contributed by atoms with E-state index in [1.807, 2.05) is 6.21 Å². The third kappa shape index (κ3) is 2.80. The predicted molar refractivity (Wildman–Crippen MR) is 47.5 cm³/mol. The van der Waals surface area contributed by atoms with Gasteiger partial charge in [-0.15, -0.1) is 0 Å². The summed E-state index contributed by atoms with van der Waals surface area (Å²) in [6.07, 6.45) is 7.08. The predicted octanol–water partition coefficient (Wildman–Crippen LogP) is 0.977. The molecule has 2 unspecified atom stereocenters. The van der Waals surface area contributed by atoms with E-state index in [2.05, 4.69) is 4.99 Å². The molecule has 3 nitrogen and oxygen atoms in total. The average Bonchev–Trinajstić information content (AvgIpc) is 2.37. The molecule has 0 saturated heterocycles. The highest BCUT2D eigenvalue weighted by atomic mass is 14.8. The Morgan fingerprint density at radius 1 is 1.55 bits per heavy atom. The summed E-state index contributed by atoms with van der Waals surface area (Å²) in [5.41, 5.74) is 5.71. The van der Waals surface area contributed by atoms with Crippen LogP contribution in [0.5, 0.6) is 0 Å². The van der Waals surface area contributed by atoms with Crippen LogP contribution in [-0.4, -0.2) is 24.5 Å². The minimum Gasteiger partial charge on any atom is -0.328 e. The highest BCUT2D eigenvalue weighted by molar-refractivity contribution is 5.77. The molecule has 3 N–H and O–H groups in total. The molecule has 1 aliphatic rings. The van der Waals surface area contributed by atoms with E-state index >= 15 is 0 Å². The third-order valence-electron chi connectivity index (χ3n) is 1.98. The largest absolute Gasteiger partial charge is 0.328 e. The van der Waals surface area contributed by atoms with Crippen molar-refractivity contribution in [2.24, 2.45) is 10.7 Å². The summed E-state index contributed by atoms with van der Waals surface area (Å²) in [6.45, 7) is 0. The van der Waals surface area contributed by atoms with Gasteiger partial charge >= 0.3 is 0 Å². The van der Waals surface area contributed by atoms with E-state index in [0.29, 0.717) is 18.5 Å². The molecule has 62 valence electrons. The summed E-state index contributed by atoms with van der Waals surface area (Å²) in [4.78, 5) is 4.31. The Morgan fingerprint density at radius 3 is 2.91 bits per heavy atom. The molecule has 0 heterocycles. The standard InChI is InChI=1S/C8H15N3/c9-4-1-5-11-8-3-2-7(10)6-8/h4-5,7-9H,1-3,6,10H2. The Labute approximate surface area is 67.2 Å². The van der Waals surface area contributed by atoms with Gasteiger partial charge in [0.1, 0.15) is 0 Å². The van der Waals surface area contributed by atoms with Crippen LogP contribution in [0.1, 0.15) is 25.7 Å². The highest BCUT2D eigenvalue weighted by Crippen LogP contribution is 2.19. The topological polar surface area (TPSA) is 62.2 Å². The Hall–Kier alpha value is -0.700. The van der Waals surface area contributed by atoms with Gasteiger partial charge in [0, 0.05) is 24.9 Å². The van der Waals surface area contributed by atoms with Gasteiger partial charge in [-0.1, -0.05) is 0 Å². The molecule has 3 heteroatoms. The maximum Gasteiger partial charge on any atom is 0.0511 e. The van der Waals surface area contributed by atoms with Crippen molar-refractivity contribution in [3.05, 3.63) is 0 Å². The molecule has 1 aliphatic carbocycles. The van der Waals surface area contributed by atoms with Gasteiger partial charge in [-0.3, -0.25) is 4.99 Å². The summed E-state index contributed by atoms with van der Waals surface area (Å²) in [6, 6.07) is 0.794. The molecule has 0 aromatic heterocycles. The molecule has 0 aromatic rings. The van der Waals surface area contributed by atoms with E-state index in [9.17, 15) is 0 Å². The van der Waals surface area contributed by atoms with Gasteiger partial charge in [-0.25, -0.2) is 0 Å². The lowest BCUT2D eigenvalue weighted by Crippen LogP contribution is -2.15. The lowest BCUT2D eigenvalue weighted by molar-refractivity contribution is 0.669. The fraction of sp³-hybridized carbons (Fsp3) is 0.750. The maximum atomic E-state index is 6.78. The zero-order chi connectivity index (χ0) is 8.10. The van der Waals surface area contributed by atoms with E-state index in [1.165, 1.54) is 6.21 Å². The van der Waals surface area contributed by atoms with Crippen LogP contribution in [0.25, 0.3) is 0 Å². The molecule has 1 saturated carbocycles. The summed E-state index contributed by atoms with van der Waals surface area (Å²) >= 11 is 0. The molecule has 2 atom stereocenters. The van der Waals surface area contributed by atoms with Gasteiger partial charge in [0.25, 0.3) is 0 Å². The average molecular weight is 153 g/mol. The highest BCUT2D eigenvalue weighted by Gasteiger charge is 2.19. The SMILES string of the molecule is N=CCC=NC1CCC(N)C1. The van der Waals surface area contributed by atoms with Crippen LogP contribution in [0.3, 0.4) is 0 Å². The normalized spacial score (nSPS) is 31.4. The van der Waals surface area contributed by atoms with Gasteiger partial charge in [0.05, 0.1) is 6.04 Å². The zero-order valence-electron chi connectivity index (χ0n) is 6.66. The number of aliphatic imine (C=N–C) groups is 1. The Morgan fingerprint density at radius 2 is 2.36 bits per heavy atom. The second-order valence-electron chi connectivity index (χ2n) is 3.00. The molecule has 1 rings (SSSR count). The van der Waals surface area contributed by atoms with E-state index in [-0.39, 0.29) is 0 Å². The molecule has 0 radical (unpaired) electrons. The first kappa shape index (κ1) is 8.40. The van der Waals surface area contributed by atoms with E-state index in [4.69, 9.17) is 11.1 Å². The fourth-order valence-corrected chi connectivity index (χ4v) is 1.39. The summed E-state index contributed by atoms with van der Waals surface area (Å²) < 4.78 is 0. The third-order valence-corrected chi connectivity index (χ3v) is 1.98. The molecule has 0 bridgehead atoms. The molecular weight excluding hydrogens is 138 g/mol. The van der Waals surface area contributed by atoms with Crippen molar-refractivity contribution in [1.29, 1.82) is 5.41 Å². The van der Waals surface area contributed by atoms with Crippen molar-refractivity contribution >= 4 is 12.4 Å². The minimum absolute atomic E-state index is 0.358. The first-order valence-electron chi connectivity index (χ1n) is 4.09.